The van der Waals surface area contributed by atoms with Crippen LogP contribution in [0.4, 0.5) is 0 Å². The van der Waals surface area contributed by atoms with Gasteiger partial charge in [0.1, 0.15) is 17.1 Å². The quantitative estimate of drug-likeness (QED) is 0.875. The van der Waals surface area contributed by atoms with Crippen molar-refractivity contribution >= 4 is 11.0 Å². The number of rotatable bonds is 2. The number of phenolic OH excluding ortho intramolecular Hbond substituents is 1. The molecule has 0 aliphatic carbocycles. The van der Waals surface area contributed by atoms with Gasteiger partial charge in [0.2, 0.25) is 0 Å². The Morgan fingerprint density at radius 3 is 2.91 bits per heavy atom. The molecule has 3 heterocycles. The zero-order valence-corrected chi connectivity index (χ0v) is 14.4. The highest BCUT2D eigenvalue weighted by Crippen LogP contribution is 2.45. The SMILES string of the molecule is CCCC1Cc2c(oc3ccc(O)cc23)C2CC(C)CN1C2C. The second kappa shape index (κ2) is 5.55. The maximum atomic E-state index is 9.92. The Morgan fingerprint density at radius 2 is 2.13 bits per heavy atom. The predicted octanol–water partition coefficient (Wildman–Crippen LogP) is 4.68. The van der Waals surface area contributed by atoms with Gasteiger partial charge in [0.05, 0.1) is 0 Å². The smallest absolute Gasteiger partial charge is 0.134 e. The fraction of sp³-hybridized carbons (Fsp3) is 0.600. The molecule has 2 aliphatic heterocycles. The highest BCUT2D eigenvalue weighted by Gasteiger charge is 2.42. The average molecular weight is 313 g/mol. The number of fused-ring (bicyclic) bond motifs is 6. The first kappa shape index (κ1) is 15.1. The molecular weight excluding hydrogens is 286 g/mol. The molecule has 0 saturated carbocycles. The predicted molar refractivity (Wildman–Crippen MR) is 93.0 cm³/mol. The number of piperidine rings is 1. The number of hydrogen-bond acceptors (Lipinski definition) is 3. The number of furan rings is 1. The molecule has 1 saturated heterocycles. The summed E-state index contributed by atoms with van der Waals surface area (Å²) in [5, 5.41) is 11.0. The third-order valence-electron chi connectivity index (χ3n) is 5.96. The van der Waals surface area contributed by atoms with Crippen LogP contribution in [0.2, 0.25) is 0 Å². The van der Waals surface area contributed by atoms with Crippen molar-refractivity contribution in [3.05, 3.63) is 29.5 Å². The Labute approximate surface area is 138 Å². The summed E-state index contributed by atoms with van der Waals surface area (Å²) in [6.45, 7) is 8.23. The van der Waals surface area contributed by atoms with E-state index in [0.717, 1.165) is 17.4 Å². The molecular formula is C20H27NO2. The fourth-order valence-corrected chi connectivity index (χ4v) is 4.89. The minimum absolute atomic E-state index is 0.335. The van der Waals surface area contributed by atoms with Crippen LogP contribution in [0.15, 0.2) is 22.6 Å². The topological polar surface area (TPSA) is 36.6 Å². The van der Waals surface area contributed by atoms with Crippen LogP contribution in [-0.4, -0.2) is 28.6 Å². The van der Waals surface area contributed by atoms with Gasteiger partial charge in [-0.15, -0.1) is 0 Å². The summed E-state index contributed by atoms with van der Waals surface area (Å²) in [7, 11) is 0. The van der Waals surface area contributed by atoms with E-state index in [1.54, 1.807) is 6.07 Å². The van der Waals surface area contributed by atoms with Gasteiger partial charge in [-0.2, -0.15) is 0 Å². The fourth-order valence-electron chi connectivity index (χ4n) is 4.89. The van der Waals surface area contributed by atoms with Gasteiger partial charge in [-0.05, 0) is 50.3 Å². The van der Waals surface area contributed by atoms with Crippen LogP contribution in [-0.2, 0) is 6.42 Å². The Bertz CT molecular complexity index is 720. The van der Waals surface area contributed by atoms with Gasteiger partial charge >= 0.3 is 0 Å². The van der Waals surface area contributed by atoms with E-state index in [0.29, 0.717) is 29.7 Å². The summed E-state index contributed by atoms with van der Waals surface area (Å²) >= 11 is 0. The van der Waals surface area contributed by atoms with Crippen molar-refractivity contribution in [2.45, 2.75) is 64.5 Å². The van der Waals surface area contributed by atoms with Crippen molar-refractivity contribution in [2.24, 2.45) is 5.92 Å². The van der Waals surface area contributed by atoms with Gasteiger partial charge in [-0.1, -0.05) is 20.3 Å². The van der Waals surface area contributed by atoms with Gasteiger partial charge in [-0.3, -0.25) is 4.90 Å². The lowest BCUT2D eigenvalue weighted by molar-refractivity contribution is 0.0583. The highest BCUT2D eigenvalue weighted by atomic mass is 16.3. The lowest BCUT2D eigenvalue weighted by Crippen LogP contribution is -2.49. The number of phenols is 1. The molecule has 3 heteroatoms. The minimum atomic E-state index is 0.335. The van der Waals surface area contributed by atoms with Crippen molar-refractivity contribution < 1.29 is 9.52 Å². The Morgan fingerprint density at radius 1 is 1.30 bits per heavy atom. The molecule has 0 amide bonds. The van der Waals surface area contributed by atoms with Crippen molar-refractivity contribution in [3.63, 3.8) is 0 Å². The van der Waals surface area contributed by atoms with Gasteiger partial charge in [0.25, 0.3) is 0 Å². The molecule has 2 aliphatic rings. The summed E-state index contributed by atoms with van der Waals surface area (Å²) in [5.74, 6) is 2.71. The molecule has 1 fully saturated rings. The molecule has 0 radical (unpaired) electrons. The zero-order chi connectivity index (χ0) is 16.1. The van der Waals surface area contributed by atoms with Crippen molar-refractivity contribution in [3.8, 4) is 5.75 Å². The van der Waals surface area contributed by atoms with E-state index in [1.807, 2.05) is 12.1 Å². The summed E-state index contributed by atoms with van der Waals surface area (Å²) in [6.07, 6.45) is 4.69. The van der Waals surface area contributed by atoms with Crippen LogP contribution in [0.1, 0.15) is 57.3 Å². The average Bonchev–Trinajstić information content (AvgIpc) is 2.84. The number of benzene rings is 1. The first-order chi connectivity index (χ1) is 11.1. The van der Waals surface area contributed by atoms with E-state index < -0.39 is 0 Å². The zero-order valence-electron chi connectivity index (χ0n) is 14.4. The standard InChI is InChI=1S/C20H27NO2/c1-4-5-14-9-18-17-10-15(22)6-7-19(17)23-20(18)16-8-12(2)11-21(14)13(16)3/h6-7,10,12-14,16,22H,4-5,8-9,11H2,1-3H3. The van der Waals surface area contributed by atoms with E-state index >= 15 is 0 Å². The first-order valence-corrected chi connectivity index (χ1v) is 9.08. The van der Waals surface area contributed by atoms with Crippen molar-refractivity contribution in [1.82, 2.24) is 4.90 Å². The third-order valence-corrected chi connectivity index (χ3v) is 5.96. The highest BCUT2D eigenvalue weighted by molar-refractivity contribution is 5.84. The Kier molecular flexibility index (Phi) is 3.64. The number of nitrogens with zero attached hydrogens (tertiary/aromatic N) is 1. The van der Waals surface area contributed by atoms with Gasteiger partial charge in [0.15, 0.2) is 0 Å². The second-order valence-electron chi connectivity index (χ2n) is 7.66. The molecule has 23 heavy (non-hydrogen) atoms. The van der Waals surface area contributed by atoms with Crippen molar-refractivity contribution in [1.29, 1.82) is 0 Å². The van der Waals surface area contributed by atoms with Crippen LogP contribution in [0, 0.1) is 5.92 Å². The molecule has 1 N–H and O–H groups in total. The minimum Gasteiger partial charge on any atom is -0.508 e. The van der Waals surface area contributed by atoms with Gasteiger partial charge < -0.3 is 9.52 Å². The molecule has 5 atom stereocenters. The second-order valence-corrected chi connectivity index (χ2v) is 7.66. The Balaban J connectivity index is 1.89. The van der Waals surface area contributed by atoms with E-state index in [-0.39, 0.29) is 0 Å². The largest absolute Gasteiger partial charge is 0.508 e. The van der Waals surface area contributed by atoms with E-state index in [2.05, 4.69) is 25.7 Å². The first-order valence-electron chi connectivity index (χ1n) is 9.08. The van der Waals surface area contributed by atoms with Crippen LogP contribution in [0.3, 0.4) is 0 Å². The van der Waals surface area contributed by atoms with E-state index in [1.165, 1.54) is 37.1 Å². The normalized spacial score (nSPS) is 33.4. The summed E-state index contributed by atoms with van der Waals surface area (Å²) in [5.41, 5.74) is 2.28. The molecule has 2 aromatic rings. The molecule has 5 unspecified atom stereocenters. The maximum Gasteiger partial charge on any atom is 0.134 e. The molecule has 4 rings (SSSR count). The van der Waals surface area contributed by atoms with Crippen LogP contribution in [0.5, 0.6) is 5.75 Å². The van der Waals surface area contributed by atoms with E-state index in [4.69, 9.17) is 4.42 Å². The molecule has 0 spiro atoms. The van der Waals surface area contributed by atoms with E-state index in [9.17, 15) is 5.11 Å². The lowest BCUT2D eigenvalue weighted by atomic mass is 9.83. The van der Waals surface area contributed by atoms with Crippen molar-refractivity contribution in [2.75, 3.05) is 6.54 Å². The summed E-state index contributed by atoms with van der Waals surface area (Å²) in [4.78, 5) is 2.73. The third kappa shape index (κ3) is 2.37. The molecule has 3 nitrogen and oxygen atoms in total. The maximum absolute atomic E-state index is 9.92. The summed E-state index contributed by atoms with van der Waals surface area (Å²) in [6, 6.07) is 6.67. The Hall–Kier alpha value is -1.48. The van der Waals surface area contributed by atoms with Crippen LogP contribution >= 0.6 is 0 Å². The molecule has 124 valence electrons. The van der Waals surface area contributed by atoms with Gasteiger partial charge in [-0.25, -0.2) is 0 Å². The van der Waals surface area contributed by atoms with Crippen LogP contribution in [0.25, 0.3) is 11.0 Å². The number of aromatic hydroxyl groups is 1. The molecule has 1 aromatic heterocycles. The van der Waals surface area contributed by atoms with Gasteiger partial charge in [0, 0.05) is 35.5 Å². The molecule has 1 aromatic carbocycles. The number of hydrogen-bond donors (Lipinski definition) is 1. The molecule has 2 bridgehead atoms. The lowest BCUT2D eigenvalue weighted by Gasteiger charge is -2.44. The monoisotopic (exact) mass is 313 g/mol. The van der Waals surface area contributed by atoms with Crippen LogP contribution < -0.4 is 0 Å². The summed E-state index contributed by atoms with van der Waals surface area (Å²) < 4.78 is 6.32.